The summed E-state index contributed by atoms with van der Waals surface area (Å²) in [5.41, 5.74) is 0. The van der Waals surface area contributed by atoms with Gasteiger partial charge in [-0.2, -0.15) is 0 Å². The normalized spacial score (nSPS) is 13.8. The van der Waals surface area contributed by atoms with E-state index in [4.69, 9.17) is 28.5 Å². The van der Waals surface area contributed by atoms with E-state index in [0.717, 1.165) is 28.0 Å². The van der Waals surface area contributed by atoms with Crippen LogP contribution in [0.25, 0.3) is 0 Å². The number of ether oxygens (including phenoxy) is 5. The lowest BCUT2D eigenvalue weighted by atomic mass is 10.3. The van der Waals surface area contributed by atoms with Crippen molar-refractivity contribution < 1.29 is 76.5 Å². The highest BCUT2D eigenvalue weighted by atomic mass is 16.7. The average molecular weight is 872 g/mol. The predicted molar refractivity (Wildman–Crippen MR) is 217 cm³/mol. The molecule has 61 heavy (non-hydrogen) atoms. The zero-order chi connectivity index (χ0) is 46.6. The maximum absolute atomic E-state index is 12.5. The smallest absolute Gasteiger partial charge is 0.335 e. The molecule has 0 aliphatic carbocycles. The molecule has 1 fully saturated rings. The van der Waals surface area contributed by atoms with Gasteiger partial charge in [-0.25, -0.2) is 4.79 Å². The van der Waals surface area contributed by atoms with Gasteiger partial charge >= 0.3 is 11.9 Å². The van der Waals surface area contributed by atoms with Crippen LogP contribution in [0.3, 0.4) is 0 Å². The van der Waals surface area contributed by atoms with E-state index in [1.807, 2.05) is 55.4 Å². The number of hydrogen-bond acceptors (Lipinski definition) is 16. The van der Waals surface area contributed by atoms with Crippen LogP contribution in [0.5, 0.6) is 0 Å². The van der Waals surface area contributed by atoms with Crippen molar-refractivity contribution in [1.29, 1.82) is 0 Å². The molecular formula is C40H65N5O16. The zero-order valence-electron chi connectivity index (χ0n) is 36.8. The van der Waals surface area contributed by atoms with Gasteiger partial charge in [-0.3, -0.25) is 53.0 Å². The van der Waals surface area contributed by atoms with Crippen LogP contribution in [-0.4, -0.2) is 153 Å². The Morgan fingerprint density at radius 2 is 0.934 bits per heavy atom. The lowest BCUT2D eigenvalue weighted by molar-refractivity contribution is -0.198. The van der Waals surface area contributed by atoms with Gasteiger partial charge in [-0.1, -0.05) is 55.4 Å². The van der Waals surface area contributed by atoms with E-state index in [-0.39, 0.29) is 123 Å². The lowest BCUT2D eigenvalue weighted by Gasteiger charge is -2.14. The number of carbonyl (C=O) groups is 10. The summed E-state index contributed by atoms with van der Waals surface area (Å²) >= 11 is 0. The zero-order valence-corrected chi connectivity index (χ0v) is 36.8. The third-order valence-electron chi connectivity index (χ3n) is 7.21. The number of amides is 8. The van der Waals surface area contributed by atoms with Crippen molar-refractivity contribution in [1.82, 2.24) is 25.5 Å². The second-order valence-corrected chi connectivity index (χ2v) is 11.1. The second-order valence-electron chi connectivity index (χ2n) is 11.1. The van der Waals surface area contributed by atoms with Gasteiger partial charge in [0.15, 0.2) is 0 Å². The van der Waals surface area contributed by atoms with Crippen LogP contribution in [0.4, 0.5) is 0 Å². The van der Waals surface area contributed by atoms with E-state index in [1.54, 1.807) is 0 Å². The Balaban J connectivity index is 0. The van der Waals surface area contributed by atoms with Crippen molar-refractivity contribution in [3.63, 3.8) is 0 Å². The third kappa shape index (κ3) is 24.5. The fraction of sp³-hybridized carbons (Fsp3) is 0.650. The van der Waals surface area contributed by atoms with Gasteiger partial charge in [-0.15, -0.1) is 5.06 Å². The summed E-state index contributed by atoms with van der Waals surface area (Å²) in [5, 5.41) is 5.62. The van der Waals surface area contributed by atoms with Crippen molar-refractivity contribution in [3.8, 4) is 0 Å². The molecule has 0 unspecified atom stereocenters. The number of nitrogens with one attached hydrogen (secondary N) is 2. The highest BCUT2D eigenvalue weighted by Crippen LogP contribution is 2.16. The fourth-order valence-electron chi connectivity index (χ4n) is 4.48. The van der Waals surface area contributed by atoms with Crippen molar-refractivity contribution >= 4 is 59.2 Å². The molecule has 0 aromatic heterocycles. The van der Waals surface area contributed by atoms with Crippen molar-refractivity contribution in [3.05, 3.63) is 24.0 Å². The van der Waals surface area contributed by atoms with Gasteiger partial charge in [0.25, 0.3) is 35.4 Å². The highest BCUT2D eigenvalue weighted by Gasteiger charge is 2.34. The molecule has 3 aliphatic heterocycles. The van der Waals surface area contributed by atoms with Crippen LogP contribution >= 0.6 is 0 Å². The summed E-state index contributed by atoms with van der Waals surface area (Å²) in [6, 6.07) is 0. The van der Waals surface area contributed by atoms with E-state index < -0.39 is 59.0 Å². The first-order chi connectivity index (χ1) is 29.5. The van der Waals surface area contributed by atoms with Gasteiger partial charge in [0.2, 0.25) is 17.6 Å². The number of rotatable bonds is 26. The molecule has 0 radical (unpaired) electrons. The largest absolute Gasteiger partial charge is 0.420 e. The molecule has 21 nitrogen and oxygen atoms in total. The molecule has 1 saturated heterocycles. The SMILES string of the molecule is CC.CC.CC.CC.O=C(CCN1C(=O)C=CC1=O)NCCOCCOCCC(=O)OC1=CC(=O)N(CCC(=O)NCCOCCOCCC(=O)ON2C(=O)CCC2=O)C1=O. The van der Waals surface area contributed by atoms with Crippen LogP contribution in [0, 0.1) is 0 Å². The first kappa shape index (κ1) is 57.7. The number of hydrogen-bond donors (Lipinski definition) is 2. The quantitative estimate of drug-likeness (QED) is 0.0705. The maximum atomic E-state index is 12.5. The van der Waals surface area contributed by atoms with E-state index in [2.05, 4.69) is 10.6 Å². The summed E-state index contributed by atoms with van der Waals surface area (Å²) in [4.78, 5) is 125. The number of imide groups is 3. The first-order valence-corrected chi connectivity index (χ1v) is 20.7. The number of nitrogens with zero attached hydrogens (tertiary/aromatic N) is 3. The lowest BCUT2D eigenvalue weighted by Crippen LogP contribution is -2.36. The molecule has 0 aromatic rings. The van der Waals surface area contributed by atoms with Crippen molar-refractivity contribution in [2.45, 2.75) is 93.9 Å². The van der Waals surface area contributed by atoms with Crippen LogP contribution in [0.1, 0.15) is 93.9 Å². The minimum absolute atomic E-state index is 0.00150. The average Bonchev–Trinajstić information content (AvgIpc) is 3.86. The van der Waals surface area contributed by atoms with Crippen LogP contribution in [0.2, 0.25) is 0 Å². The fourth-order valence-corrected chi connectivity index (χ4v) is 4.48. The van der Waals surface area contributed by atoms with Gasteiger partial charge in [0.1, 0.15) is 0 Å². The van der Waals surface area contributed by atoms with Crippen molar-refractivity contribution in [2.24, 2.45) is 0 Å². The molecule has 3 heterocycles. The standard InChI is InChI=1S/C32H41N5O16.4C2H6/c38-23(5-11-35-25(40)1-2-26(35)41)33-9-15-50-19-17-48-13-7-30(45)52-22-21-29(44)36(32(22)47)12-6-24(39)34-10-16-51-20-18-49-14-8-31(46)53-37-27(42)3-4-28(37)43;4*1-2/h1-2,21H,3-20H2,(H,33,38)(H,34,39);4*1-2H3. The molecule has 0 saturated carbocycles. The molecule has 21 heteroatoms. The monoisotopic (exact) mass is 871 g/mol. The van der Waals surface area contributed by atoms with E-state index in [1.165, 1.54) is 0 Å². The molecule has 0 spiro atoms. The topological polar surface area (TPSA) is 260 Å². The van der Waals surface area contributed by atoms with E-state index in [9.17, 15) is 47.9 Å². The predicted octanol–water partition coefficient (Wildman–Crippen LogP) is 1.28. The number of esters is 1. The summed E-state index contributed by atoms with van der Waals surface area (Å²) < 4.78 is 26.1. The van der Waals surface area contributed by atoms with Gasteiger partial charge in [0.05, 0.1) is 71.8 Å². The molecule has 0 aromatic carbocycles. The molecule has 346 valence electrons. The minimum Gasteiger partial charge on any atom is -0.420 e. The van der Waals surface area contributed by atoms with E-state index in [0.29, 0.717) is 5.06 Å². The molecule has 8 amide bonds. The maximum Gasteiger partial charge on any atom is 0.335 e. The third-order valence-corrected chi connectivity index (χ3v) is 7.21. The van der Waals surface area contributed by atoms with Crippen LogP contribution in [0.15, 0.2) is 24.0 Å². The Morgan fingerprint density at radius 3 is 1.39 bits per heavy atom. The Hall–Kier alpha value is -5.38. The Morgan fingerprint density at radius 1 is 0.525 bits per heavy atom. The van der Waals surface area contributed by atoms with Gasteiger partial charge in [0, 0.05) is 64.0 Å². The summed E-state index contributed by atoms with van der Waals surface area (Å²) in [7, 11) is 0. The molecule has 0 atom stereocenters. The Kier molecular flexibility index (Phi) is 34.5. The second kappa shape index (κ2) is 36.5. The molecule has 3 rings (SSSR count). The summed E-state index contributed by atoms with van der Waals surface area (Å²) in [6.07, 6.45) is 2.52. The number of carbonyl (C=O) groups excluding carboxylic acids is 10. The Bertz CT molecular complexity index is 1450. The van der Waals surface area contributed by atoms with Crippen LogP contribution in [-0.2, 0) is 76.5 Å². The molecule has 0 bridgehead atoms. The molecular weight excluding hydrogens is 806 g/mol. The first-order valence-electron chi connectivity index (χ1n) is 20.7. The number of hydroxylamine groups is 2. The van der Waals surface area contributed by atoms with Gasteiger partial charge < -0.3 is 39.2 Å². The summed E-state index contributed by atoms with van der Waals surface area (Å²) in [5.74, 6) is -6.52. The summed E-state index contributed by atoms with van der Waals surface area (Å²) in [6.45, 7) is 16.9. The molecule has 3 aliphatic rings. The van der Waals surface area contributed by atoms with Crippen molar-refractivity contribution in [2.75, 3.05) is 79.0 Å². The molecule has 2 N–H and O–H groups in total. The highest BCUT2D eigenvalue weighted by molar-refractivity contribution is 6.16. The minimum atomic E-state index is -0.859. The van der Waals surface area contributed by atoms with Gasteiger partial charge in [-0.05, 0) is 0 Å². The van der Waals surface area contributed by atoms with E-state index >= 15 is 0 Å². The van der Waals surface area contributed by atoms with Crippen LogP contribution < -0.4 is 10.6 Å². The Labute approximate surface area is 357 Å².